The molecule has 1 atom stereocenters. The van der Waals surface area contributed by atoms with E-state index in [-0.39, 0.29) is 6.04 Å². The first-order valence-electron chi connectivity index (χ1n) is 5.46. The van der Waals surface area contributed by atoms with Gasteiger partial charge in [-0.15, -0.1) is 0 Å². The van der Waals surface area contributed by atoms with Gasteiger partial charge in [-0.3, -0.25) is 0 Å². The van der Waals surface area contributed by atoms with Gasteiger partial charge in [-0.05, 0) is 18.1 Å². The third-order valence-electron chi connectivity index (χ3n) is 2.53. The van der Waals surface area contributed by atoms with E-state index in [9.17, 15) is 0 Å². The maximum atomic E-state index is 6.03. The fourth-order valence-corrected chi connectivity index (χ4v) is 1.68. The second-order valence-corrected chi connectivity index (χ2v) is 3.86. The molecule has 2 heterocycles. The van der Waals surface area contributed by atoms with Gasteiger partial charge in [-0.1, -0.05) is 18.5 Å². The summed E-state index contributed by atoms with van der Waals surface area (Å²) < 4.78 is 6.69. The molecule has 1 unspecified atom stereocenters. The summed E-state index contributed by atoms with van der Waals surface area (Å²) in [6.45, 7) is 2.76. The van der Waals surface area contributed by atoms with Gasteiger partial charge in [0.25, 0.3) is 0 Å². The fraction of sp³-hybridized carbons (Fsp3) is 0.455. The molecule has 0 amide bonds. The van der Waals surface area contributed by atoms with Crippen molar-refractivity contribution in [1.29, 1.82) is 0 Å². The zero-order chi connectivity index (χ0) is 11.4. The Balaban J connectivity index is 2.02. The van der Waals surface area contributed by atoms with Crippen LogP contribution in [0.3, 0.4) is 0 Å². The van der Waals surface area contributed by atoms with Crippen molar-refractivity contribution >= 4 is 0 Å². The molecule has 0 aliphatic rings. The van der Waals surface area contributed by atoms with Crippen LogP contribution in [0.1, 0.15) is 37.2 Å². The number of aromatic nitrogens is 3. The standard InChI is InChI=1S/C11H16N4O/c1-2-3-10(12)9-4-5-15(6-9)7-11-13-8-16-14-11/h4-6,8,10H,2-3,7,12H2,1H3. The minimum atomic E-state index is 0.122. The van der Waals surface area contributed by atoms with Gasteiger partial charge in [-0.2, -0.15) is 4.98 Å². The molecule has 2 rings (SSSR count). The van der Waals surface area contributed by atoms with Crippen LogP contribution in [-0.2, 0) is 6.54 Å². The molecule has 0 fully saturated rings. The van der Waals surface area contributed by atoms with Crippen molar-refractivity contribution in [3.63, 3.8) is 0 Å². The molecule has 0 saturated carbocycles. The first-order chi connectivity index (χ1) is 7.79. The minimum Gasteiger partial charge on any atom is -0.346 e. The number of nitrogens with zero attached hydrogens (tertiary/aromatic N) is 3. The van der Waals surface area contributed by atoms with E-state index in [1.807, 2.05) is 23.0 Å². The van der Waals surface area contributed by atoms with E-state index in [0.717, 1.165) is 18.4 Å². The van der Waals surface area contributed by atoms with E-state index in [1.165, 1.54) is 6.39 Å². The summed E-state index contributed by atoms with van der Waals surface area (Å²) in [6.07, 6.45) is 7.46. The molecule has 0 aromatic carbocycles. The highest BCUT2D eigenvalue weighted by Gasteiger charge is 2.07. The van der Waals surface area contributed by atoms with Gasteiger partial charge in [0.15, 0.2) is 5.82 Å². The highest BCUT2D eigenvalue weighted by molar-refractivity contribution is 5.15. The fourth-order valence-electron chi connectivity index (χ4n) is 1.68. The zero-order valence-corrected chi connectivity index (χ0v) is 9.34. The summed E-state index contributed by atoms with van der Waals surface area (Å²) in [4.78, 5) is 3.97. The van der Waals surface area contributed by atoms with Gasteiger partial charge in [0.1, 0.15) is 0 Å². The summed E-state index contributed by atoms with van der Waals surface area (Å²) >= 11 is 0. The van der Waals surface area contributed by atoms with Gasteiger partial charge < -0.3 is 14.8 Å². The summed E-state index contributed by atoms with van der Waals surface area (Å²) in [6, 6.07) is 2.16. The largest absolute Gasteiger partial charge is 0.346 e. The van der Waals surface area contributed by atoms with Crippen LogP contribution in [0.15, 0.2) is 29.4 Å². The molecule has 5 nitrogen and oxygen atoms in total. The van der Waals surface area contributed by atoms with Crippen molar-refractivity contribution in [3.8, 4) is 0 Å². The maximum absolute atomic E-state index is 6.03. The lowest BCUT2D eigenvalue weighted by Crippen LogP contribution is -2.08. The minimum absolute atomic E-state index is 0.122. The molecular weight excluding hydrogens is 204 g/mol. The summed E-state index contributed by atoms with van der Waals surface area (Å²) in [7, 11) is 0. The van der Waals surface area contributed by atoms with E-state index < -0.39 is 0 Å². The van der Waals surface area contributed by atoms with Gasteiger partial charge in [0.2, 0.25) is 6.39 Å². The molecule has 2 aromatic rings. The number of nitrogens with two attached hydrogens (primary N) is 1. The zero-order valence-electron chi connectivity index (χ0n) is 9.34. The lowest BCUT2D eigenvalue weighted by Gasteiger charge is -2.07. The van der Waals surface area contributed by atoms with E-state index in [2.05, 4.69) is 21.6 Å². The Bertz CT molecular complexity index is 421. The first-order valence-corrected chi connectivity index (χ1v) is 5.46. The molecule has 0 bridgehead atoms. The lowest BCUT2D eigenvalue weighted by molar-refractivity contribution is 0.408. The van der Waals surface area contributed by atoms with Crippen molar-refractivity contribution in [2.24, 2.45) is 5.73 Å². The Hall–Kier alpha value is -1.62. The summed E-state index contributed by atoms with van der Waals surface area (Å²) in [5.41, 5.74) is 7.19. The summed E-state index contributed by atoms with van der Waals surface area (Å²) in [5, 5.41) is 3.76. The highest BCUT2D eigenvalue weighted by atomic mass is 16.5. The third-order valence-corrected chi connectivity index (χ3v) is 2.53. The van der Waals surface area contributed by atoms with Crippen LogP contribution in [0, 0.1) is 0 Å². The van der Waals surface area contributed by atoms with Crippen LogP contribution in [0.4, 0.5) is 0 Å². The van der Waals surface area contributed by atoms with Gasteiger partial charge in [-0.25, -0.2) is 0 Å². The molecule has 0 aliphatic heterocycles. The molecule has 0 aliphatic carbocycles. The molecule has 0 saturated heterocycles. The Labute approximate surface area is 94.3 Å². The van der Waals surface area contributed by atoms with Crippen molar-refractivity contribution in [1.82, 2.24) is 14.7 Å². The Morgan fingerprint density at radius 3 is 3.12 bits per heavy atom. The predicted molar refractivity (Wildman–Crippen MR) is 59.7 cm³/mol. The third kappa shape index (κ3) is 2.49. The Morgan fingerprint density at radius 1 is 1.56 bits per heavy atom. The average Bonchev–Trinajstić information content (AvgIpc) is 2.90. The van der Waals surface area contributed by atoms with Crippen LogP contribution < -0.4 is 5.73 Å². The van der Waals surface area contributed by atoms with Crippen LogP contribution in [0.5, 0.6) is 0 Å². The van der Waals surface area contributed by atoms with Crippen LogP contribution in [0.2, 0.25) is 0 Å². The molecule has 2 aromatic heterocycles. The SMILES string of the molecule is CCCC(N)c1ccn(Cc2ncon2)c1. The van der Waals surface area contributed by atoms with Crippen LogP contribution >= 0.6 is 0 Å². The van der Waals surface area contributed by atoms with Gasteiger partial charge >= 0.3 is 0 Å². The van der Waals surface area contributed by atoms with Gasteiger partial charge in [0.05, 0.1) is 6.54 Å². The van der Waals surface area contributed by atoms with Crippen LogP contribution in [-0.4, -0.2) is 14.7 Å². The maximum Gasteiger partial charge on any atom is 0.213 e. The monoisotopic (exact) mass is 220 g/mol. The topological polar surface area (TPSA) is 69.9 Å². The number of hydrogen-bond acceptors (Lipinski definition) is 4. The molecule has 0 radical (unpaired) electrons. The Kier molecular flexibility index (Phi) is 3.36. The first kappa shape index (κ1) is 10.9. The van der Waals surface area contributed by atoms with Crippen molar-refractivity contribution in [2.45, 2.75) is 32.4 Å². The second kappa shape index (κ2) is 4.94. The van der Waals surface area contributed by atoms with Crippen LogP contribution in [0.25, 0.3) is 0 Å². The van der Waals surface area contributed by atoms with E-state index >= 15 is 0 Å². The number of hydrogen-bond donors (Lipinski definition) is 1. The van der Waals surface area contributed by atoms with E-state index in [0.29, 0.717) is 12.4 Å². The quantitative estimate of drug-likeness (QED) is 0.832. The number of rotatable bonds is 5. The molecule has 16 heavy (non-hydrogen) atoms. The smallest absolute Gasteiger partial charge is 0.213 e. The van der Waals surface area contributed by atoms with Gasteiger partial charge in [0, 0.05) is 18.4 Å². The Morgan fingerprint density at radius 2 is 2.44 bits per heavy atom. The molecule has 2 N–H and O–H groups in total. The predicted octanol–water partition coefficient (Wildman–Crippen LogP) is 1.72. The van der Waals surface area contributed by atoms with Crippen molar-refractivity contribution in [3.05, 3.63) is 36.2 Å². The van der Waals surface area contributed by atoms with E-state index in [4.69, 9.17) is 5.73 Å². The molecule has 86 valence electrons. The summed E-state index contributed by atoms with van der Waals surface area (Å²) in [5.74, 6) is 0.672. The van der Waals surface area contributed by atoms with Crippen molar-refractivity contribution in [2.75, 3.05) is 0 Å². The average molecular weight is 220 g/mol. The lowest BCUT2D eigenvalue weighted by atomic mass is 10.1. The molecule has 5 heteroatoms. The molecule has 0 spiro atoms. The highest BCUT2D eigenvalue weighted by Crippen LogP contribution is 2.16. The van der Waals surface area contributed by atoms with E-state index in [1.54, 1.807) is 0 Å². The normalized spacial score (nSPS) is 12.9. The van der Waals surface area contributed by atoms with Crippen molar-refractivity contribution < 1.29 is 4.52 Å². The molecular formula is C11H16N4O. The second-order valence-electron chi connectivity index (χ2n) is 3.86.